The van der Waals surface area contributed by atoms with E-state index in [9.17, 15) is 0 Å². The molecule has 1 heterocycles. The lowest BCUT2D eigenvalue weighted by Gasteiger charge is -2.30. The van der Waals surface area contributed by atoms with Gasteiger partial charge in [0.15, 0.2) is 11.5 Å². The number of hydrogen-bond donors (Lipinski definition) is 0. The minimum Gasteiger partial charge on any atom is -0.238 e. The van der Waals surface area contributed by atoms with Crippen LogP contribution in [-0.2, 0) is 5.41 Å². The molecule has 0 radical (unpaired) electrons. The number of rotatable bonds is 6. The van der Waals surface area contributed by atoms with Crippen molar-refractivity contribution in [1.29, 1.82) is 0 Å². The van der Waals surface area contributed by atoms with Gasteiger partial charge in [0.05, 0.1) is 23.4 Å². The van der Waals surface area contributed by atoms with E-state index in [4.69, 9.17) is 16.5 Å². The third-order valence-corrected chi connectivity index (χ3v) is 12.9. The summed E-state index contributed by atoms with van der Waals surface area (Å²) in [6, 6.07) is 79.7. The zero-order valence-corrected chi connectivity index (χ0v) is 34.2. The van der Waals surface area contributed by atoms with Crippen molar-refractivity contribution in [2.24, 2.45) is 0 Å². The molecule has 1 spiro atoms. The Labute approximate surface area is 367 Å². The fourth-order valence-corrected chi connectivity index (χ4v) is 10.0. The molecular formula is C60H37N3. The number of benzene rings is 9. The molecule has 1 aromatic heterocycles. The first-order valence-corrected chi connectivity index (χ1v) is 21.3. The third kappa shape index (κ3) is 5.88. The molecule has 10 aromatic rings. The monoisotopic (exact) mass is 799 g/mol. The topological polar surface area (TPSA) is 30.1 Å². The van der Waals surface area contributed by atoms with Gasteiger partial charge in [-0.2, -0.15) is 0 Å². The number of hydrogen-bond acceptors (Lipinski definition) is 2. The van der Waals surface area contributed by atoms with Crippen molar-refractivity contribution >= 4 is 5.69 Å². The van der Waals surface area contributed by atoms with Crippen LogP contribution in [0, 0.1) is 6.57 Å². The van der Waals surface area contributed by atoms with Gasteiger partial charge < -0.3 is 0 Å². The molecule has 2 aliphatic rings. The fourth-order valence-electron chi connectivity index (χ4n) is 10.0. The van der Waals surface area contributed by atoms with Gasteiger partial charge in [0.25, 0.3) is 0 Å². The molecule has 292 valence electrons. The summed E-state index contributed by atoms with van der Waals surface area (Å²) in [5.74, 6) is 0.670. The quantitative estimate of drug-likeness (QED) is 0.157. The van der Waals surface area contributed by atoms with Crippen LogP contribution in [0.3, 0.4) is 0 Å². The van der Waals surface area contributed by atoms with Gasteiger partial charge >= 0.3 is 0 Å². The Morgan fingerprint density at radius 3 is 1.37 bits per heavy atom. The second-order valence-electron chi connectivity index (χ2n) is 16.4. The molecule has 3 heteroatoms. The highest BCUT2D eigenvalue weighted by molar-refractivity contribution is 5.97. The predicted octanol–water partition coefficient (Wildman–Crippen LogP) is 15.4. The van der Waals surface area contributed by atoms with E-state index in [1.807, 2.05) is 12.1 Å². The Kier molecular flexibility index (Phi) is 8.45. The van der Waals surface area contributed by atoms with E-state index in [2.05, 4.69) is 217 Å². The Hall–Kier alpha value is -8.45. The lowest BCUT2D eigenvalue weighted by atomic mass is 9.70. The zero-order chi connectivity index (χ0) is 41.9. The van der Waals surface area contributed by atoms with Gasteiger partial charge in [0.1, 0.15) is 0 Å². The molecule has 0 unspecified atom stereocenters. The first kappa shape index (κ1) is 36.4. The molecular weight excluding hydrogens is 763 g/mol. The number of nitrogens with zero attached hydrogens (tertiary/aromatic N) is 3. The van der Waals surface area contributed by atoms with Gasteiger partial charge in [0, 0.05) is 16.7 Å². The average Bonchev–Trinajstić information content (AvgIpc) is 3.83. The third-order valence-electron chi connectivity index (χ3n) is 12.9. The van der Waals surface area contributed by atoms with E-state index in [1.165, 1.54) is 44.5 Å². The summed E-state index contributed by atoms with van der Waals surface area (Å²) in [6.45, 7) is 7.95. The number of fused-ring (bicyclic) bond motifs is 10. The Bertz CT molecular complexity index is 3340. The first-order valence-electron chi connectivity index (χ1n) is 21.3. The minimum atomic E-state index is -0.498. The Balaban J connectivity index is 0.973. The molecule has 2 aliphatic carbocycles. The van der Waals surface area contributed by atoms with Crippen molar-refractivity contribution in [3.63, 3.8) is 0 Å². The molecule has 0 saturated heterocycles. The van der Waals surface area contributed by atoms with Crippen LogP contribution in [0.25, 0.3) is 94.4 Å². The molecule has 0 fully saturated rings. The molecule has 3 nitrogen and oxygen atoms in total. The second-order valence-corrected chi connectivity index (χ2v) is 16.4. The highest BCUT2D eigenvalue weighted by atomic mass is 14.9. The van der Waals surface area contributed by atoms with Crippen LogP contribution in [-0.4, -0.2) is 9.97 Å². The molecule has 0 saturated carbocycles. The molecule has 0 aliphatic heterocycles. The summed E-state index contributed by atoms with van der Waals surface area (Å²) in [5, 5.41) is 0. The summed E-state index contributed by atoms with van der Waals surface area (Å²) < 4.78 is 0. The molecule has 12 rings (SSSR count). The van der Waals surface area contributed by atoms with E-state index in [1.54, 1.807) is 0 Å². The fraction of sp³-hybridized carbons (Fsp3) is 0.0167. The summed E-state index contributed by atoms with van der Waals surface area (Å²) in [7, 11) is 0. The van der Waals surface area contributed by atoms with E-state index in [-0.39, 0.29) is 0 Å². The average molecular weight is 800 g/mol. The van der Waals surface area contributed by atoms with Crippen molar-refractivity contribution < 1.29 is 0 Å². The lowest BCUT2D eigenvalue weighted by molar-refractivity contribution is 0.794. The molecule has 0 amide bonds. The molecule has 9 aromatic carbocycles. The van der Waals surface area contributed by atoms with E-state index in [0.717, 1.165) is 61.5 Å². The zero-order valence-electron chi connectivity index (χ0n) is 34.2. The largest absolute Gasteiger partial charge is 0.238 e. The SMILES string of the molecule is [C-]#[N+]c1ccc2c(c1)C1(c3ccccc3-c3ccccc31)c1ccc(-c3ccc(-c4nc(-c5ccccc5)cc(-c5cc(-c6ccccc6)cc(-c6ccccc6)c5)n4)cc3)cc1-2. The van der Waals surface area contributed by atoms with E-state index < -0.39 is 5.41 Å². The van der Waals surface area contributed by atoms with Gasteiger partial charge in [-0.1, -0.05) is 194 Å². The predicted molar refractivity (Wildman–Crippen MR) is 257 cm³/mol. The van der Waals surface area contributed by atoms with Crippen LogP contribution < -0.4 is 0 Å². The Morgan fingerprint density at radius 1 is 0.302 bits per heavy atom. The molecule has 63 heavy (non-hydrogen) atoms. The van der Waals surface area contributed by atoms with Crippen LogP contribution in [0.2, 0.25) is 0 Å². The smallest absolute Gasteiger partial charge is 0.187 e. The highest BCUT2D eigenvalue weighted by Crippen LogP contribution is 2.63. The first-order chi connectivity index (χ1) is 31.2. The van der Waals surface area contributed by atoms with E-state index >= 15 is 0 Å². The van der Waals surface area contributed by atoms with Crippen LogP contribution in [0.4, 0.5) is 5.69 Å². The second kappa shape index (κ2) is 14.6. The standard InChI is InChI=1S/C60H37N3/c1-61-48-30-31-51-52-36-44(29-32-55(52)60(56(51)37-48)53-23-13-11-21-49(53)50-22-12-14-24-54(50)60)41-25-27-43(28-26-41)59-62-57(42-19-9-4-10-20-42)38-58(63-59)47-34-45(39-15-5-2-6-16-39)33-46(35-47)40-17-7-3-8-18-40/h2-38H. The maximum Gasteiger partial charge on any atom is 0.187 e. The lowest BCUT2D eigenvalue weighted by Crippen LogP contribution is -2.25. The van der Waals surface area contributed by atoms with Crippen LogP contribution in [0.5, 0.6) is 0 Å². The summed E-state index contributed by atoms with van der Waals surface area (Å²) in [5.41, 5.74) is 21.5. The molecule has 0 N–H and O–H groups in total. The Morgan fingerprint density at radius 2 is 0.762 bits per heavy atom. The van der Waals surface area contributed by atoms with Crippen LogP contribution >= 0.6 is 0 Å². The van der Waals surface area contributed by atoms with Crippen LogP contribution in [0.15, 0.2) is 224 Å². The van der Waals surface area contributed by atoms with Gasteiger partial charge in [-0.3, -0.25) is 0 Å². The summed E-state index contributed by atoms with van der Waals surface area (Å²) in [4.78, 5) is 14.4. The molecule has 0 atom stereocenters. The van der Waals surface area contributed by atoms with Crippen molar-refractivity contribution in [2.45, 2.75) is 5.41 Å². The van der Waals surface area contributed by atoms with Gasteiger partial charge in [0.2, 0.25) is 0 Å². The van der Waals surface area contributed by atoms with Crippen molar-refractivity contribution in [2.75, 3.05) is 0 Å². The van der Waals surface area contributed by atoms with Crippen molar-refractivity contribution in [3.05, 3.63) is 258 Å². The van der Waals surface area contributed by atoms with Crippen molar-refractivity contribution in [3.8, 4) is 89.5 Å². The summed E-state index contributed by atoms with van der Waals surface area (Å²) >= 11 is 0. The van der Waals surface area contributed by atoms with Gasteiger partial charge in [-0.25, -0.2) is 14.8 Å². The summed E-state index contributed by atoms with van der Waals surface area (Å²) in [6.07, 6.45) is 0. The number of aromatic nitrogens is 2. The maximum absolute atomic E-state index is 7.95. The molecule has 0 bridgehead atoms. The highest BCUT2D eigenvalue weighted by Gasteiger charge is 2.51. The van der Waals surface area contributed by atoms with Crippen LogP contribution in [0.1, 0.15) is 22.3 Å². The van der Waals surface area contributed by atoms with E-state index in [0.29, 0.717) is 11.5 Å². The minimum absolute atomic E-state index is 0.498. The normalized spacial score (nSPS) is 12.6. The van der Waals surface area contributed by atoms with Crippen molar-refractivity contribution in [1.82, 2.24) is 9.97 Å². The van der Waals surface area contributed by atoms with Gasteiger partial charge in [-0.05, 0) is 108 Å². The maximum atomic E-state index is 7.95. The van der Waals surface area contributed by atoms with Gasteiger partial charge in [-0.15, -0.1) is 0 Å².